The van der Waals surface area contributed by atoms with Gasteiger partial charge in [0.1, 0.15) is 0 Å². The van der Waals surface area contributed by atoms with E-state index in [-0.39, 0.29) is 12.5 Å². The van der Waals surface area contributed by atoms with Gasteiger partial charge in [0.2, 0.25) is 5.91 Å². The van der Waals surface area contributed by atoms with Crippen LogP contribution in [0.4, 0.5) is 11.4 Å². The molecule has 0 aliphatic heterocycles. The minimum Gasteiger partial charge on any atom is -0.376 e. The van der Waals surface area contributed by atoms with Crippen LogP contribution in [0.2, 0.25) is 0 Å². The fourth-order valence-corrected chi connectivity index (χ4v) is 2.11. The molecular formula is C16H17BrN2O. The van der Waals surface area contributed by atoms with Crippen LogP contribution in [0.5, 0.6) is 0 Å². The molecule has 0 saturated heterocycles. The normalized spacial score (nSPS) is 10.2. The number of nitrogens with one attached hydrogen (secondary N) is 2. The second-order valence-electron chi connectivity index (χ2n) is 4.74. The molecule has 0 heterocycles. The van der Waals surface area contributed by atoms with E-state index in [0.29, 0.717) is 0 Å². The van der Waals surface area contributed by atoms with Crippen LogP contribution < -0.4 is 10.6 Å². The first kappa shape index (κ1) is 14.6. The Kier molecular flexibility index (Phi) is 4.79. The zero-order valence-corrected chi connectivity index (χ0v) is 13.1. The van der Waals surface area contributed by atoms with Crippen LogP contribution in [0, 0.1) is 13.8 Å². The van der Waals surface area contributed by atoms with Gasteiger partial charge in [0.05, 0.1) is 6.54 Å². The van der Waals surface area contributed by atoms with Crippen molar-refractivity contribution in [2.24, 2.45) is 0 Å². The molecule has 2 aromatic rings. The van der Waals surface area contributed by atoms with E-state index >= 15 is 0 Å². The Hall–Kier alpha value is -1.81. The Morgan fingerprint density at radius 1 is 1.10 bits per heavy atom. The van der Waals surface area contributed by atoms with Gasteiger partial charge in [-0.25, -0.2) is 0 Å². The lowest BCUT2D eigenvalue weighted by Gasteiger charge is -2.09. The second kappa shape index (κ2) is 6.57. The molecule has 0 saturated carbocycles. The molecule has 2 N–H and O–H groups in total. The number of aryl methyl sites for hydroxylation is 2. The summed E-state index contributed by atoms with van der Waals surface area (Å²) < 4.78 is 1.06. The average molecular weight is 333 g/mol. The Labute approximate surface area is 127 Å². The summed E-state index contributed by atoms with van der Waals surface area (Å²) in [6.45, 7) is 4.26. The predicted molar refractivity (Wildman–Crippen MR) is 87.2 cm³/mol. The standard InChI is InChI=1S/C16H17BrN2O/c1-11-4-3-5-14(8-11)19-16(20)10-18-13-6-7-15(17)12(2)9-13/h3-9,18H,10H2,1-2H3,(H,19,20). The lowest BCUT2D eigenvalue weighted by atomic mass is 10.2. The van der Waals surface area contributed by atoms with Gasteiger partial charge in [-0.1, -0.05) is 28.1 Å². The molecule has 3 nitrogen and oxygen atoms in total. The monoisotopic (exact) mass is 332 g/mol. The molecule has 0 atom stereocenters. The van der Waals surface area contributed by atoms with Crippen molar-refractivity contribution in [1.29, 1.82) is 0 Å². The number of anilines is 2. The van der Waals surface area contributed by atoms with Gasteiger partial charge in [-0.15, -0.1) is 0 Å². The highest BCUT2D eigenvalue weighted by Gasteiger charge is 2.03. The minimum absolute atomic E-state index is 0.0591. The molecule has 0 bridgehead atoms. The second-order valence-corrected chi connectivity index (χ2v) is 5.59. The summed E-state index contributed by atoms with van der Waals surface area (Å²) in [5.41, 5.74) is 4.02. The van der Waals surface area contributed by atoms with Crippen molar-refractivity contribution in [3.63, 3.8) is 0 Å². The fourth-order valence-electron chi connectivity index (χ4n) is 1.86. The highest BCUT2D eigenvalue weighted by Crippen LogP contribution is 2.19. The Balaban J connectivity index is 1.90. The van der Waals surface area contributed by atoms with E-state index in [1.807, 2.05) is 56.3 Å². The van der Waals surface area contributed by atoms with E-state index < -0.39 is 0 Å². The molecule has 0 fully saturated rings. The fraction of sp³-hybridized carbons (Fsp3) is 0.188. The van der Waals surface area contributed by atoms with E-state index in [4.69, 9.17) is 0 Å². The van der Waals surface area contributed by atoms with Gasteiger partial charge in [0, 0.05) is 15.8 Å². The molecule has 104 valence electrons. The lowest BCUT2D eigenvalue weighted by Crippen LogP contribution is -2.21. The number of benzene rings is 2. The zero-order chi connectivity index (χ0) is 14.5. The van der Waals surface area contributed by atoms with Crippen molar-refractivity contribution < 1.29 is 4.79 Å². The molecule has 1 amide bonds. The number of amides is 1. The van der Waals surface area contributed by atoms with E-state index in [2.05, 4.69) is 26.6 Å². The topological polar surface area (TPSA) is 41.1 Å². The summed E-state index contributed by atoms with van der Waals surface area (Å²) in [6.07, 6.45) is 0. The first-order chi connectivity index (χ1) is 9.54. The number of hydrogen-bond acceptors (Lipinski definition) is 2. The van der Waals surface area contributed by atoms with E-state index in [0.717, 1.165) is 27.0 Å². The van der Waals surface area contributed by atoms with Gasteiger partial charge >= 0.3 is 0 Å². The summed E-state index contributed by atoms with van der Waals surface area (Å²) in [4.78, 5) is 11.9. The molecule has 0 aromatic heterocycles. The van der Waals surface area contributed by atoms with E-state index in [1.165, 1.54) is 0 Å². The molecule has 0 radical (unpaired) electrons. The van der Waals surface area contributed by atoms with Crippen LogP contribution in [0.3, 0.4) is 0 Å². The SMILES string of the molecule is Cc1cccc(NC(=O)CNc2ccc(Br)c(C)c2)c1. The van der Waals surface area contributed by atoms with Crippen molar-refractivity contribution in [2.45, 2.75) is 13.8 Å². The summed E-state index contributed by atoms with van der Waals surface area (Å²) in [5.74, 6) is -0.0591. The Morgan fingerprint density at radius 2 is 1.90 bits per heavy atom. The third-order valence-corrected chi connectivity index (χ3v) is 3.80. The van der Waals surface area contributed by atoms with E-state index in [1.54, 1.807) is 0 Å². The van der Waals surface area contributed by atoms with Crippen molar-refractivity contribution in [3.8, 4) is 0 Å². The number of rotatable bonds is 4. The summed E-state index contributed by atoms with van der Waals surface area (Å²) in [5, 5.41) is 5.98. The van der Waals surface area contributed by atoms with Crippen LogP contribution in [0.15, 0.2) is 46.9 Å². The summed E-state index contributed by atoms with van der Waals surface area (Å²) in [7, 11) is 0. The highest BCUT2D eigenvalue weighted by atomic mass is 79.9. The maximum atomic E-state index is 11.9. The van der Waals surface area contributed by atoms with Crippen molar-refractivity contribution in [3.05, 3.63) is 58.1 Å². The quantitative estimate of drug-likeness (QED) is 0.884. The molecule has 0 aliphatic rings. The summed E-state index contributed by atoms with van der Waals surface area (Å²) >= 11 is 3.45. The van der Waals surface area contributed by atoms with Crippen LogP contribution in [-0.2, 0) is 4.79 Å². The first-order valence-electron chi connectivity index (χ1n) is 6.41. The van der Waals surface area contributed by atoms with Gasteiger partial charge in [0.25, 0.3) is 0 Å². The highest BCUT2D eigenvalue weighted by molar-refractivity contribution is 9.10. The first-order valence-corrected chi connectivity index (χ1v) is 7.20. The Bertz CT molecular complexity index is 626. The van der Waals surface area contributed by atoms with Gasteiger partial charge in [-0.05, 0) is 55.3 Å². The number of carbonyl (C=O) groups excluding carboxylic acids is 1. The van der Waals surface area contributed by atoms with Gasteiger partial charge in [0.15, 0.2) is 0 Å². The lowest BCUT2D eigenvalue weighted by molar-refractivity contribution is -0.114. The van der Waals surface area contributed by atoms with Gasteiger partial charge in [-0.3, -0.25) is 4.79 Å². The van der Waals surface area contributed by atoms with Crippen molar-refractivity contribution in [1.82, 2.24) is 0 Å². The molecule has 0 spiro atoms. The molecule has 2 rings (SSSR count). The van der Waals surface area contributed by atoms with E-state index in [9.17, 15) is 4.79 Å². The largest absolute Gasteiger partial charge is 0.376 e. The van der Waals surface area contributed by atoms with Crippen LogP contribution in [-0.4, -0.2) is 12.5 Å². The van der Waals surface area contributed by atoms with Crippen molar-refractivity contribution >= 4 is 33.2 Å². The van der Waals surface area contributed by atoms with Crippen LogP contribution in [0.25, 0.3) is 0 Å². The number of hydrogen-bond donors (Lipinski definition) is 2. The third kappa shape index (κ3) is 4.10. The minimum atomic E-state index is -0.0591. The Morgan fingerprint density at radius 3 is 2.60 bits per heavy atom. The zero-order valence-electron chi connectivity index (χ0n) is 11.5. The molecule has 2 aromatic carbocycles. The molecule has 0 unspecified atom stereocenters. The number of halogens is 1. The molecule has 4 heteroatoms. The van der Waals surface area contributed by atoms with Gasteiger partial charge < -0.3 is 10.6 Å². The maximum absolute atomic E-state index is 11.9. The third-order valence-electron chi connectivity index (χ3n) is 2.91. The van der Waals surface area contributed by atoms with Crippen LogP contribution in [0.1, 0.15) is 11.1 Å². The maximum Gasteiger partial charge on any atom is 0.243 e. The summed E-state index contributed by atoms with van der Waals surface area (Å²) in [6, 6.07) is 13.7. The molecule has 20 heavy (non-hydrogen) atoms. The smallest absolute Gasteiger partial charge is 0.243 e. The van der Waals surface area contributed by atoms with Crippen molar-refractivity contribution in [2.75, 3.05) is 17.2 Å². The average Bonchev–Trinajstić information content (AvgIpc) is 2.40. The molecule has 0 aliphatic carbocycles. The molecular weight excluding hydrogens is 316 g/mol. The predicted octanol–water partition coefficient (Wildman–Crippen LogP) is 4.12. The van der Waals surface area contributed by atoms with Crippen LogP contribution >= 0.6 is 15.9 Å². The number of carbonyl (C=O) groups is 1. The van der Waals surface area contributed by atoms with Gasteiger partial charge in [-0.2, -0.15) is 0 Å².